The zero-order valence-electron chi connectivity index (χ0n) is 7.61. The van der Waals surface area contributed by atoms with Gasteiger partial charge >= 0.3 is 0 Å². The standard InChI is InChI=1S/C10H5Br2ClFN/c1-4-2-6(14)8(12)7-9(13)5(11)3-15-10(4)7/h2-3H,1H3. The summed E-state index contributed by atoms with van der Waals surface area (Å²) in [5.74, 6) is -0.332. The van der Waals surface area contributed by atoms with Crippen molar-refractivity contribution in [2.24, 2.45) is 0 Å². The molecule has 0 saturated heterocycles. The van der Waals surface area contributed by atoms with E-state index < -0.39 is 0 Å². The monoisotopic (exact) mass is 351 g/mol. The lowest BCUT2D eigenvalue weighted by atomic mass is 10.1. The SMILES string of the molecule is Cc1cc(F)c(Br)c2c(Cl)c(Br)cnc12. The van der Waals surface area contributed by atoms with Crippen LogP contribution in [0.3, 0.4) is 0 Å². The number of hydrogen-bond donors (Lipinski definition) is 0. The van der Waals surface area contributed by atoms with Crippen molar-refractivity contribution in [3.63, 3.8) is 0 Å². The van der Waals surface area contributed by atoms with Crippen molar-refractivity contribution >= 4 is 54.4 Å². The van der Waals surface area contributed by atoms with E-state index in [1.807, 2.05) is 0 Å². The summed E-state index contributed by atoms with van der Waals surface area (Å²) in [5.41, 5.74) is 1.47. The topological polar surface area (TPSA) is 12.9 Å². The molecule has 2 aromatic rings. The Morgan fingerprint density at radius 3 is 2.73 bits per heavy atom. The molecule has 0 spiro atoms. The van der Waals surface area contributed by atoms with E-state index in [-0.39, 0.29) is 5.82 Å². The molecule has 1 aromatic heterocycles. The van der Waals surface area contributed by atoms with E-state index in [1.165, 1.54) is 6.07 Å². The summed E-state index contributed by atoms with van der Waals surface area (Å²) >= 11 is 12.5. The lowest BCUT2D eigenvalue weighted by molar-refractivity contribution is 0.622. The fraction of sp³-hybridized carbons (Fsp3) is 0.100. The van der Waals surface area contributed by atoms with Gasteiger partial charge in [-0.2, -0.15) is 0 Å². The smallest absolute Gasteiger partial charge is 0.138 e. The van der Waals surface area contributed by atoms with Crippen molar-refractivity contribution < 1.29 is 4.39 Å². The van der Waals surface area contributed by atoms with Gasteiger partial charge in [0.15, 0.2) is 0 Å². The van der Waals surface area contributed by atoms with Crippen LogP contribution in [0.15, 0.2) is 21.2 Å². The molecule has 2 rings (SSSR count). The first kappa shape index (κ1) is 11.3. The van der Waals surface area contributed by atoms with Crippen LogP contribution in [0, 0.1) is 12.7 Å². The van der Waals surface area contributed by atoms with Gasteiger partial charge in [0.1, 0.15) is 5.82 Å². The summed E-state index contributed by atoms with van der Waals surface area (Å²) in [4.78, 5) is 4.22. The summed E-state index contributed by atoms with van der Waals surface area (Å²) in [6.07, 6.45) is 1.61. The van der Waals surface area contributed by atoms with Crippen molar-refractivity contribution in [3.8, 4) is 0 Å². The van der Waals surface area contributed by atoms with E-state index in [9.17, 15) is 4.39 Å². The predicted molar refractivity (Wildman–Crippen MR) is 66.8 cm³/mol. The molecule has 0 aliphatic rings. The predicted octanol–water partition coefficient (Wildman–Crippen LogP) is 4.86. The number of nitrogens with zero attached hydrogens (tertiary/aromatic N) is 1. The van der Waals surface area contributed by atoms with Gasteiger partial charge in [-0.3, -0.25) is 4.98 Å². The van der Waals surface area contributed by atoms with Crippen LogP contribution >= 0.6 is 43.5 Å². The molecule has 1 aromatic carbocycles. The average Bonchev–Trinajstić information content (AvgIpc) is 2.19. The molecule has 0 radical (unpaired) electrons. The van der Waals surface area contributed by atoms with Crippen LogP contribution in [0.4, 0.5) is 4.39 Å². The van der Waals surface area contributed by atoms with Gasteiger partial charge in [-0.15, -0.1) is 0 Å². The van der Waals surface area contributed by atoms with Gasteiger partial charge in [-0.1, -0.05) is 11.6 Å². The number of aryl methyl sites for hydroxylation is 1. The molecule has 78 valence electrons. The van der Waals surface area contributed by atoms with Gasteiger partial charge in [0.05, 0.1) is 19.5 Å². The van der Waals surface area contributed by atoms with Crippen molar-refractivity contribution in [1.29, 1.82) is 0 Å². The lowest BCUT2D eigenvalue weighted by Crippen LogP contribution is -1.90. The Bertz CT molecular complexity index is 549. The molecule has 5 heteroatoms. The van der Waals surface area contributed by atoms with Crippen LogP contribution in [0.5, 0.6) is 0 Å². The maximum absolute atomic E-state index is 13.5. The third-order valence-corrected chi connectivity index (χ3v) is 4.12. The van der Waals surface area contributed by atoms with Crippen molar-refractivity contribution in [2.45, 2.75) is 6.92 Å². The molecule has 0 N–H and O–H groups in total. The maximum Gasteiger partial charge on any atom is 0.138 e. The van der Waals surface area contributed by atoms with Crippen molar-refractivity contribution in [1.82, 2.24) is 4.98 Å². The van der Waals surface area contributed by atoms with Gasteiger partial charge in [-0.05, 0) is 50.4 Å². The quantitative estimate of drug-likeness (QED) is 0.659. The average molecular weight is 353 g/mol. The van der Waals surface area contributed by atoms with E-state index in [4.69, 9.17) is 11.6 Å². The highest BCUT2D eigenvalue weighted by Gasteiger charge is 2.13. The molecule has 15 heavy (non-hydrogen) atoms. The largest absolute Gasteiger partial charge is 0.255 e. The highest BCUT2D eigenvalue weighted by Crippen LogP contribution is 2.37. The minimum atomic E-state index is -0.332. The van der Waals surface area contributed by atoms with Crippen LogP contribution in [0.2, 0.25) is 5.02 Å². The number of pyridine rings is 1. The second-order valence-electron chi connectivity index (χ2n) is 3.13. The minimum absolute atomic E-state index is 0.332. The van der Waals surface area contributed by atoms with Crippen LogP contribution in [0.25, 0.3) is 10.9 Å². The minimum Gasteiger partial charge on any atom is -0.255 e. The van der Waals surface area contributed by atoms with E-state index >= 15 is 0 Å². The molecular weight excluding hydrogens is 348 g/mol. The molecule has 0 fully saturated rings. The number of benzene rings is 1. The zero-order chi connectivity index (χ0) is 11.2. The normalized spacial score (nSPS) is 11.0. The highest BCUT2D eigenvalue weighted by atomic mass is 79.9. The molecule has 1 nitrogen and oxygen atoms in total. The fourth-order valence-corrected chi connectivity index (χ4v) is 2.55. The van der Waals surface area contributed by atoms with Crippen LogP contribution in [0.1, 0.15) is 5.56 Å². The van der Waals surface area contributed by atoms with Crippen LogP contribution in [-0.4, -0.2) is 4.98 Å². The Balaban J connectivity index is 3.04. The second kappa shape index (κ2) is 4.00. The third-order valence-electron chi connectivity index (χ3n) is 2.12. The van der Waals surface area contributed by atoms with Crippen LogP contribution in [-0.2, 0) is 0 Å². The van der Waals surface area contributed by atoms with Gasteiger partial charge in [0.25, 0.3) is 0 Å². The lowest BCUT2D eigenvalue weighted by Gasteiger charge is -2.07. The Kier molecular flexibility index (Phi) is 3.01. The number of hydrogen-bond acceptors (Lipinski definition) is 1. The number of rotatable bonds is 0. The Labute approximate surface area is 108 Å². The Morgan fingerprint density at radius 2 is 2.07 bits per heavy atom. The molecule has 0 unspecified atom stereocenters. The Hall–Kier alpha value is -0.190. The van der Waals surface area contributed by atoms with Gasteiger partial charge in [-0.25, -0.2) is 4.39 Å². The van der Waals surface area contributed by atoms with Crippen molar-refractivity contribution in [2.75, 3.05) is 0 Å². The summed E-state index contributed by atoms with van der Waals surface area (Å²) < 4.78 is 14.5. The summed E-state index contributed by atoms with van der Waals surface area (Å²) in [6.45, 7) is 1.80. The molecule has 0 aliphatic heterocycles. The first-order chi connectivity index (χ1) is 7.02. The molecule has 0 aliphatic carbocycles. The van der Waals surface area contributed by atoms with Crippen molar-refractivity contribution in [3.05, 3.63) is 37.6 Å². The summed E-state index contributed by atoms with van der Waals surface area (Å²) in [7, 11) is 0. The first-order valence-corrected chi connectivity index (χ1v) is 6.07. The van der Waals surface area contributed by atoms with E-state index in [0.717, 1.165) is 5.56 Å². The highest BCUT2D eigenvalue weighted by molar-refractivity contribution is 9.11. The first-order valence-electron chi connectivity index (χ1n) is 4.10. The molecular formula is C10H5Br2ClFN. The molecule has 0 saturated carbocycles. The van der Waals surface area contributed by atoms with E-state index in [1.54, 1.807) is 13.1 Å². The Morgan fingerprint density at radius 1 is 1.40 bits per heavy atom. The van der Waals surface area contributed by atoms with Gasteiger partial charge in [0.2, 0.25) is 0 Å². The zero-order valence-corrected chi connectivity index (χ0v) is 11.5. The summed E-state index contributed by atoms with van der Waals surface area (Å²) in [5, 5.41) is 1.07. The number of halogens is 4. The van der Waals surface area contributed by atoms with E-state index in [0.29, 0.717) is 24.9 Å². The van der Waals surface area contributed by atoms with E-state index in [2.05, 4.69) is 36.8 Å². The van der Waals surface area contributed by atoms with Crippen LogP contribution < -0.4 is 0 Å². The molecule has 0 amide bonds. The van der Waals surface area contributed by atoms with Gasteiger partial charge in [0, 0.05) is 11.6 Å². The molecule has 0 atom stereocenters. The fourth-order valence-electron chi connectivity index (χ4n) is 1.41. The summed E-state index contributed by atoms with van der Waals surface area (Å²) in [6, 6.07) is 1.43. The van der Waals surface area contributed by atoms with Gasteiger partial charge < -0.3 is 0 Å². The number of aromatic nitrogens is 1. The maximum atomic E-state index is 13.5. The molecule has 0 bridgehead atoms. The third kappa shape index (κ3) is 1.79. The molecule has 1 heterocycles. The second-order valence-corrected chi connectivity index (χ2v) is 5.16. The number of fused-ring (bicyclic) bond motifs is 1.